The molecular formula is C17H24N4O5. The number of hydrogen-bond donors (Lipinski definition) is 5. The summed E-state index contributed by atoms with van der Waals surface area (Å²) in [6.07, 6.45) is 0.316. The van der Waals surface area contributed by atoms with Crippen LogP contribution in [0.15, 0.2) is 24.3 Å². The van der Waals surface area contributed by atoms with Gasteiger partial charge in [-0.25, -0.2) is 4.79 Å². The molecule has 4 amide bonds. The van der Waals surface area contributed by atoms with Gasteiger partial charge in [0.05, 0.1) is 5.41 Å². The molecule has 1 aromatic carbocycles. The van der Waals surface area contributed by atoms with Crippen molar-refractivity contribution < 1.29 is 24.3 Å². The summed E-state index contributed by atoms with van der Waals surface area (Å²) < 4.78 is 0. The highest BCUT2D eigenvalue weighted by Crippen LogP contribution is 2.19. The first-order valence-corrected chi connectivity index (χ1v) is 8.06. The van der Waals surface area contributed by atoms with E-state index >= 15 is 0 Å². The highest BCUT2D eigenvalue weighted by atomic mass is 16.4. The highest BCUT2D eigenvalue weighted by molar-refractivity contribution is 5.97. The molecule has 0 bridgehead atoms. The van der Waals surface area contributed by atoms with Crippen LogP contribution in [0.4, 0.5) is 10.5 Å². The van der Waals surface area contributed by atoms with Crippen molar-refractivity contribution in [3.63, 3.8) is 0 Å². The minimum atomic E-state index is -0.935. The standard InChI is InChI=1S/C17H24N4O5/c1-17(2,15(24)25)7-9-20-16(26)21-12-5-3-4-11(10-12)14(23)19-8-6-13(18)22/h3-5,10H,6-9H2,1-2H3,(H2,18,22)(H,19,23)(H,24,25)(H2,20,21,26). The number of anilines is 1. The third-order valence-corrected chi connectivity index (χ3v) is 3.65. The second-order valence-electron chi connectivity index (χ2n) is 6.37. The van der Waals surface area contributed by atoms with Crippen molar-refractivity contribution in [3.05, 3.63) is 29.8 Å². The van der Waals surface area contributed by atoms with Gasteiger partial charge in [0, 0.05) is 30.8 Å². The van der Waals surface area contributed by atoms with Crippen molar-refractivity contribution in [2.24, 2.45) is 11.1 Å². The summed E-state index contributed by atoms with van der Waals surface area (Å²) in [6.45, 7) is 3.48. The van der Waals surface area contributed by atoms with Gasteiger partial charge in [0.25, 0.3) is 5.91 Å². The maximum atomic E-state index is 12.0. The predicted molar refractivity (Wildman–Crippen MR) is 95.6 cm³/mol. The van der Waals surface area contributed by atoms with Gasteiger partial charge < -0.3 is 26.8 Å². The van der Waals surface area contributed by atoms with Crippen molar-refractivity contribution in [1.82, 2.24) is 10.6 Å². The van der Waals surface area contributed by atoms with Crippen LogP contribution in [0.2, 0.25) is 0 Å². The zero-order chi connectivity index (χ0) is 19.7. The van der Waals surface area contributed by atoms with E-state index in [1.165, 1.54) is 6.07 Å². The minimum absolute atomic E-state index is 0.0405. The van der Waals surface area contributed by atoms with E-state index in [1.54, 1.807) is 32.0 Å². The summed E-state index contributed by atoms with van der Waals surface area (Å²) in [7, 11) is 0. The number of rotatable bonds is 9. The van der Waals surface area contributed by atoms with Crippen LogP contribution in [0.3, 0.4) is 0 Å². The number of carbonyl (C=O) groups excluding carboxylic acids is 3. The zero-order valence-electron chi connectivity index (χ0n) is 14.8. The fourth-order valence-electron chi connectivity index (χ4n) is 1.91. The largest absolute Gasteiger partial charge is 0.481 e. The number of nitrogens with one attached hydrogen (secondary N) is 3. The van der Waals surface area contributed by atoms with Gasteiger partial charge in [-0.2, -0.15) is 0 Å². The topological polar surface area (TPSA) is 151 Å². The molecule has 0 aliphatic carbocycles. The van der Waals surface area contributed by atoms with Crippen molar-refractivity contribution in [2.45, 2.75) is 26.7 Å². The first kappa shape index (κ1) is 20.9. The molecule has 0 aliphatic heterocycles. The Kier molecular flexibility index (Phi) is 7.57. The number of hydrogen-bond acceptors (Lipinski definition) is 4. The predicted octanol–water partition coefficient (Wildman–Crippen LogP) is 0.914. The molecule has 26 heavy (non-hydrogen) atoms. The van der Waals surface area contributed by atoms with E-state index in [2.05, 4.69) is 16.0 Å². The number of carboxylic acids is 1. The molecule has 0 atom stereocenters. The van der Waals surface area contributed by atoms with Gasteiger partial charge in [-0.15, -0.1) is 0 Å². The number of urea groups is 1. The normalized spacial score (nSPS) is 10.7. The van der Waals surface area contributed by atoms with Gasteiger partial charge in [-0.05, 0) is 38.5 Å². The van der Waals surface area contributed by atoms with Crippen LogP contribution in [0.1, 0.15) is 37.0 Å². The molecule has 1 rings (SSSR count). The van der Waals surface area contributed by atoms with Gasteiger partial charge in [0.2, 0.25) is 5.91 Å². The quantitative estimate of drug-likeness (QED) is 0.441. The number of carboxylic acid groups (broad SMARTS) is 1. The lowest BCUT2D eigenvalue weighted by atomic mass is 9.90. The smallest absolute Gasteiger partial charge is 0.319 e. The SMILES string of the molecule is CC(C)(CCNC(=O)Nc1cccc(C(=O)NCCC(N)=O)c1)C(=O)O. The first-order valence-electron chi connectivity index (χ1n) is 8.06. The second kappa shape index (κ2) is 9.40. The maximum Gasteiger partial charge on any atom is 0.319 e. The molecular weight excluding hydrogens is 340 g/mol. The summed E-state index contributed by atoms with van der Waals surface area (Å²) in [5, 5.41) is 16.7. The summed E-state index contributed by atoms with van der Waals surface area (Å²) in [5.74, 6) is -1.84. The monoisotopic (exact) mass is 364 g/mol. The average molecular weight is 364 g/mol. The molecule has 142 valence electrons. The lowest BCUT2D eigenvalue weighted by Crippen LogP contribution is -2.34. The van der Waals surface area contributed by atoms with Gasteiger partial charge in [0.1, 0.15) is 0 Å². The fourth-order valence-corrected chi connectivity index (χ4v) is 1.91. The van der Waals surface area contributed by atoms with E-state index in [0.29, 0.717) is 11.3 Å². The number of aliphatic carboxylic acids is 1. The fraction of sp³-hybridized carbons (Fsp3) is 0.412. The average Bonchev–Trinajstić information content (AvgIpc) is 2.54. The Hall–Kier alpha value is -3.10. The van der Waals surface area contributed by atoms with Gasteiger partial charge in [0.15, 0.2) is 0 Å². The molecule has 0 aliphatic rings. The molecule has 0 aromatic heterocycles. The van der Waals surface area contributed by atoms with Crippen molar-refractivity contribution in [2.75, 3.05) is 18.4 Å². The van der Waals surface area contributed by atoms with Crippen LogP contribution in [-0.4, -0.2) is 42.0 Å². The first-order chi connectivity index (χ1) is 12.1. The summed E-state index contributed by atoms with van der Waals surface area (Å²) in [6, 6.07) is 5.77. The molecule has 0 heterocycles. The molecule has 0 saturated carbocycles. The third-order valence-electron chi connectivity index (χ3n) is 3.65. The van der Waals surface area contributed by atoms with E-state index in [-0.39, 0.29) is 25.9 Å². The van der Waals surface area contributed by atoms with E-state index in [4.69, 9.17) is 10.8 Å². The Labute approximate surface area is 151 Å². The zero-order valence-corrected chi connectivity index (χ0v) is 14.8. The van der Waals surface area contributed by atoms with Crippen LogP contribution >= 0.6 is 0 Å². The molecule has 0 radical (unpaired) electrons. The molecule has 0 saturated heterocycles. The van der Waals surface area contributed by atoms with Crippen LogP contribution in [-0.2, 0) is 9.59 Å². The summed E-state index contributed by atoms with van der Waals surface area (Å²) >= 11 is 0. The van der Waals surface area contributed by atoms with Crippen LogP contribution in [0, 0.1) is 5.41 Å². The van der Waals surface area contributed by atoms with Crippen molar-refractivity contribution in [3.8, 4) is 0 Å². The van der Waals surface area contributed by atoms with Gasteiger partial charge in [-0.3, -0.25) is 14.4 Å². The number of primary amides is 1. The molecule has 9 nitrogen and oxygen atoms in total. The summed E-state index contributed by atoms with van der Waals surface area (Å²) in [4.78, 5) is 45.5. The Balaban J connectivity index is 2.52. The van der Waals surface area contributed by atoms with Gasteiger partial charge in [-0.1, -0.05) is 6.07 Å². The van der Waals surface area contributed by atoms with Crippen molar-refractivity contribution >= 4 is 29.5 Å². The molecule has 0 fully saturated rings. The highest BCUT2D eigenvalue weighted by Gasteiger charge is 2.26. The van der Waals surface area contributed by atoms with E-state index in [1.807, 2.05) is 0 Å². The molecule has 0 unspecified atom stereocenters. The second-order valence-corrected chi connectivity index (χ2v) is 6.37. The number of carbonyl (C=O) groups is 4. The molecule has 0 spiro atoms. The van der Waals surface area contributed by atoms with Crippen LogP contribution in [0.25, 0.3) is 0 Å². The summed E-state index contributed by atoms with van der Waals surface area (Å²) in [5.41, 5.74) is 4.79. The molecule has 9 heteroatoms. The number of nitrogens with two attached hydrogens (primary N) is 1. The Morgan fingerprint density at radius 3 is 2.42 bits per heavy atom. The lowest BCUT2D eigenvalue weighted by molar-refractivity contribution is -0.147. The lowest BCUT2D eigenvalue weighted by Gasteiger charge is -2.19. The number of amides is 4. The Morgan fingerprint density at radius 1 is 1.12 bits per heavy atom. The van der Waals surface area contributed by atoms with Crippen LogP contribution in [0.5, 0.6) is 0 Å². The van der Waals surface area contributed by atoms with E-state index < -0.39 is 29.2 Å². The molecule has 6 N–H and O–H groups in total. The van der Waals surface area contributed by atoms with E-state index in [9.17, 15) is 19.2 Å². The van der Waals surface area contributed by atoms with Crippen LogP contribution < -0.4 is 21.7 Å². The Morgan fingerprint density at radius 2 is 1.81 bits per heavy atom. The Bertz CT molecular complexity index is 687. The molecule has 1 aromatic rings. The maximum absolute atomic E-state index is 12.0. The third kappa shape index (κ3) is 7.20. The van der Waals surface area contributed by atoms with Gasteiger partial charge >= 0.3 is 12.0 Å². The van der Waals surface area contributed by atoms with E-state index in [0.717, 1.165) is 0 Å². The minimum Gasteiger partial charge on any atom is -0.481 e. The number of benzene rings is 1. The van der Waals surface area contributed by atoms with Crippen molar-refractivity contribution in [1.29, 1.82) is 0 Å².